The van der Waals surface area contributed by atoms with Gasteiger partial charge in [-0.25, -0.2) is 4.39 Å². The molecule has 126 valence electrons. The molecule has 0 aliphatic carbocycles. The van der Waals surface area contributed by atoms with Crippen molar-refractivity contribution in [3.8, 4) is 0 Å². The SMILES string of the molecule is O=C(CN1CCC(C2CCCN2)CC1)NCc1ccc(F)cc1. The van der Waals surface area contributed by atoms with Crippen molar-refractivity contribution in [1.29, 1.82) is 0 Å². The van der Waals surface area contributed by atoms with Crippen LogP contribution < -0.4 is 10.6 Å². The van der Waals surface area contributed by atoms with Gasteiger partial charge in [-0.1, -0.05) is 12.1 Å². The molecule has 4 nitrogen and oxygen atoms in total. The lowest BCUT2D eigenvalue weighted by Crippen LogP contribution is -2.44. The summed E-state index contributed by atoms with van der Waals surface area (Å²) < 4.78 is 12.8. The first-order valence-corrected chi connectivity index (χ1v) is 8.67. The minimum Gasteiger partial charge on any atom is -0.351 e. The molecule has 1 unspecified atom stereocenters. The van der Waals surface area contributed by atoms with Gasteiger partial charge in [-0.05, 0) is 68.9 Å². The zero-order valence-electron chi connectivity index (χ0n) is 13.6. The number of hydrogen-bond acceptors (Lipinski definition) is 3. The molecule has 0 saturated carbocycles. The van der Waals surface area contributed by atoms with E-state index in [1.807, 2.05) is 0 Å². The second-order valence-corrected chi connectivity index (χ2v) is 6.72. The van der Waals surface area contributed by atoms with E-state index >= 15 is 0 Å². The third-order valence-electron chi connectivity index (χ3n) is 5.07. The highest BCUT2D eigenvalue weighted by Gasteiger charge is 2.28. The predicted molar refractivity (Wildman–Crippen MR) is 88.4 cm³/mol. The Labute approximate surface area is 137 Å². The lowest BCUT2D eigenvalue weighted by Gasteiger charge is -2.34. The van der Waals surface area contributed by atoms with Gasteiger partial charge in [0.25, 0.3) is 0 Å². The highest BCUT2D eigenvalue weighted by molar-refractivity contribution is 5.78. The molecule has 0 spiro atoms. The van der Waals surface area contributed by atoms with E-state index in [0.29, 0.717) is 19.1 Å². The third kappa shape index (κ3) is 4.75. The maximum atomic E-state index is 12.8. The van der Waals surface area contributed by atoms with E-state index in [-0.39, 0.29) is 11.7 Å². The normalized spacial score (nSPS) is 23.1. The first kappa shape index (κ1) is 16.4. The number of halogens is 1. The Morgan fingerprint density at radius 3 is 2.61 bits per heavy atom. The summed E-state index contributed by atoms with van der Waals surface area (Å²) >= 11 is 0. The Balaban J connectivity index is 1.36. The van der Waals surface area contributed by atoms with Crippen molar-refractivity contribution in [3.63, 3.8) is 0 Å². The second-order valence-electron chi connectivity index (χ2n) is 6.72. The Hall–Kier alpha value is -1.46. The van der Waals surface area contributed by atoms with Crippen molar-refractivity contribution < 1.29 is 9.18 Å². The summed E-state index contributed by atoms with van der Waals surface area (Å²) in [4.78, 5) is 14.3. The molecule has 0 radical (unpaired) electrons. The van der Waals surface area contributed by atoms with Gasteiger partial charge >= 0.3 is 0 Å². The summed E-state index contributed by atoms with van der Waals surface area (Å²) in [6.45, 7) is 4.10. The van der Waals surface area contributed by atoms with Crippen LogP contribution in [0.3, 0.4) is 0 Å². The Bertz CT molecular complexity index is 506. The molecule has 2 N–H and O–H groups in total. The smallest absolute Gasteiger partial charge is 0.234 e. The number of likely N-dealkylation sites (tertiary alicyclic amines) is 1. The van der Waals surface area contributed by atoms with Crippen molar-refractivity contribution in [1.82, 2.24) is 15.5 Å². The molecule has 1 atom stereocenters. The van der Waals surface area contributed by atoms with Gasteiger partial charge in [0.2, 0.25) is 5.91 Å². The van der Waals surface area contributed by atoms with Gasteiger partial charge < -0.3 is 10.6 Å². The zero-order valence-corrected chi connectivity index (χ0v) is 13.6. The van der Waals surface area contributed by atoms with E-state index in [2.05, 4.69) is 15.5 Å². The summed E-state index contributed by atoms with van der Waals surface area (Å²) in [6, 6.07) is 6.95. The second kappa shape index (κ2) is 7.88. The Kier molecular flexibility index (Phi) is 5.62. The number of amides is 1. The number of nitrogens with zero attached hydrogens (tertiary/aromatic N) is 1. The average Bonchev–Trinajstić information content (AvgIpc) is 3.09. The standard InChI is InChI=1S/C18H26FN3O/c19-16-5-3-14(4-6-16)12-21-18(23)13-22-10-7-15(8-11-22)17-2-1-9-20-17/h3-6,15,17,20H,1-2,7-13H2,(H,21,23). The van der Waals surface area contributed by atoms with E-state index in [9.17, 15) is 9.18 Å². The van der Waals surface area contributed by atoms with Gasteiger partial charge in [0.05, 0.1) is 6.54 Å². The maximum absolute atomic E-state index is 12.8. The largest absolute Gasteiger partial charge is 0.351 e. The van der Waals surface area contributed by atoms with Crippen LogP contribution in [-0.2, 0) is 11.3 Å². The topological polar surface area (TPSA) is 44.4 Å². The minimum atomic E-state index is -0.250. The molecule has 1 amide bonds. The number of piperidine rings is 1. The van der Waals surface area contributed by atoms with Crippen molar-refractivity contribution in [2.75, 3.05) is 26.2 Å². The molecular formula is C18H26FN3O. The Morgan fingerprint density at radius 2 is 1.96 bits per heavy atom. The van der Waals surface area contributed by atoms with Gasteiger partial charge in [-0.2, -0.15) is 0 Å². The molecule has 1 aromatic carbocycles. The lowest BCUT2D eigenvalue weighted by molar-refractivity contribution is -0.122. The monoisotopic (exact) mass is 319 g/mol. The van der Waals surface area contributed by atoms with Crippen molar-refractivity contribution in [3.05, 3.63) is 35.6 Å². The molecule has 2 aliphatic heterocycles. The van der Waals surface area contributed by atoms with Gasteiger partial charge in [0.1, 0.15) is 5.82 Å². The van der Waals surface area contributed by atoms with Crippen LogP contribution in [-0.4, -0.2) is 43.0 Å². The summed E-state index contributed by atoms with van der Waals surface area (Å²) in [7, 11) is 0. The van der Waals surface area contributed by atoms with Crippen molar-refractivity contribution in [2.45, 2.75) is 38.3 Å². The molecule has 0 aromatic heterocycles. The first-order valence-electron chi connectivity index (χ1n) is 8.67. The summed E-state index contributed by atoms with van der Waals surface area (Å²) in [5, 5.41) is 6.52. The summed E-state index contributed by atoms with van der Waals surface area (Å²) in [5.41, 5.74) is 0.922. The van der Waals surface area contributed by atoms with Crippen LogP contribution in [0.5, 0.6) is 0 Å². The van der Waals surface area contributed by atoms with Gasteiger partial charge in [0, 0.05) is 12.6 Å². The van der Waals surface area contributed by atoms with Gasteiger partial charge in [0.15, 0.2) is 0 Å². The van der Waals surface area contributed by atoms with E-state index in [1.54, 1.807) is 12.1 Å². The van der Waals surface area contributed by atoms with E-state index < -0.39 is 0 Å². The number of hydrogen-bond donors (Lipinski definition) is 2. The molecule has 2 saturated heterocycles. The molecule has 2 heterocycles. The molecule has 0 bridgehead atoms. The van der Waals surface area contributed by atoms with Crippen LogP contribution in [0.1, 0.15) is 31.2 Å². The lowest BCUT2D eigenvalue weighted by atomic mass is 9.88. The van der Waals surface area contributed by atoms with Crippen molar-refractivity contribution in [2.24, 2.45) is 5.92 Å². The van der Waals surface area contributed by atoms with Crippen LogP contribution in [0.2, 0.25) is 0 Å². The molecular weight excluding hydrogens is 293 g/mol. The molecule has 2 aliphatic rings. The number of nitrogens with one attached hydrogen (secondary N) is 2. The number of rotatable bonds is 5. The summed E-state index contributed by atoms with van der Waals surface area (Å²) in [6.07, 6.45) is 4.98. The quantitative estimate of drug-likeness (QED) is 0.871. The van der Waals surface area contributed by atoms with E-state index in [1.165, 1.54) is 37.8 Å². The van der Waals surface area contributed by atoms with E-state index in [4.69, 9.17) is 0 Å². The zero-order chi connectivity index (χ0) is 16.1. The highest BCUT2D eigenvalue weighted by Crippen LogP contribution is 2.25. The molecule has 5 heteroatoms. The van der Waals surface area contributed by atoms with Crippen LogP contribution in [0.25, 0.3) is 0 Å². The molecule has 23 heavy (non-hydrogen) atoms. The van der Waals surface area contributed by atoms with Crippen LogP contribution in [0.15, 0.2) is 24.3 Å². The van der Waals surface area contributed by atoms with Crippen LogP contribution >= 0.6 is 0 Å². The number of carbonyl (C=O) groups excluding carboxylic acids is 1. The van der Waals surface area contributed by atoms with E-state index in [0.717, 1.165) is 31.1 Å². The summed E-state index contributed by atoms with van der Waals surface area (Å²) in [5.74, 6) is 0.572. The third-order valence-corrected chi connectivity index (χ3v) is 5.07. The number of benzene rings is 1. The van der Waals surface area contributed by atoms with Crippen LogP contribution in [0.4, 0.5) is 4.39 Å². The maximum Gasteiger partial charge on any atom is 0.234 e. The predicted octanol–water partition coefficient (Wildman–Crippen LogP) is 1.91. The fourth-order valence-corrected chi connectivity index (χ4v) is 3.69. The molecule has 1 aromatic rings. The first-order chi connectivity index (χ1) is 11.2. The molecule has 2 fully saturated rings. The fourth-order valence-electron chi connectivity index (χ4n) is 3.69. The van der Waals surface area contributed by atoms with Crippen LogP contribution in [0, 0.1) is 11.7 Å². The minimum absolute atomic E-state index is 0.0479. The van der Waals surface area contributed by atoms with Crippen molar-refractivity contribution >= 4 is 5.91 Å². The van der Waals surface area contributed by atoms with Gasteiger partial charge in [-0.3, -0.25) is 9.69 Å². The number of carbonyl (C=O) groups is 1. The highest BCUT2D eigenvalue weighted by atomic mass is 19.1. The van der Waals surface area contributed by atoms with Gasteiger partial charge in [-0.15, -0.1) is 0 Å². The molecule has 3 rings (SSSR count). The Morgan fingerprint density at radius 1 is 1.22 bits per heavy atom. The average molecular weight is 319 g/mol. The fraction of sp³-hybridized carbons (Fsp3) is 0.611.